The van der Waals surface area contributed by atoms with Crippen molar-refractivity contribution in [3.8, 4) is 6.07 Å². The number of nitrogens with zero attached hydrogens (tertiary/aromatic N) is 3. The number of halogens is 1. The molecule has 6 heteroatoms. The lowest BCUT2D eigenvalue weighted by atomic mass is 10.1. The second kappa shape index (κ2) is 4.90. The summed E-state index contributed by atoms with van der Waals surface area (Å²) in [5.41, 5.74) is 0.293. The second-order valence-corrected chi connectivity index (χ2v) is 3.92. The highest BCUT2D eigenvalue weighted by molar-refractivity contribution is 6.32. The molecule has 0 saturated carbocycles. The molecule has 90 valence electrons. The Kier molecular flexibility index (Phi) is 3.31. The molecule has 2 heterocycles. The van der Waals surface area contributed by atoms with Gasteiger partial charge >= 0.3 is 0 Å². The van der Waals surface area contributed by atoms with E-state index >= 15 is 0 Å². The van der Waals surface area contributed by atoms with Gasteiger partial charge in [-0.05, 0) is 18.2 Å². The summed E-state index contributed by atoms with van der Waals surface area (Å²) in [6.07, 6.45) is 4.29. The molecule has 0 aliphatic rings. The number of allylic oxidation sites excluding steroid dienone is 1. The van der Waals surface area contributed by atoms with Gasteiger partial charge in [0.1, 0.15) is 17.3 Å². The SMILES string of the molecule is Cn1cc(Cl)c(C=C(C#N)C(=O)c2ccco2)n1. The largest absolute Gasteiger partial charge is 0.461 e. The molecular formula is C12H8ClN3O2. The molecule has 0 spiro atoms. The number of Topliss-reactive ketones (excluding diaryl/α,β-unsaturated/α-hetero) is 1. The summed E-state index contributed by atoms with van der Waals surface area (Å²) >= 11 is 5.90. The van der Waals surface area contributed by atoms with Gasteiger partial charge in [-0.25, -0.2) is 0 Å². The van der Waals surface area contributed by atoms with Crippen LogP contribution in [-0.2, 0) is 7.05 Å². The summed E-state index contributed by atoms with van der Waals surface area (Å²) in [6, 6.07) is 4.89. The van der Waals surface area contributed by atoms with Gasteiger partial charge in [0.05, 0.1) is 11.3 Å². The number of hydrogen-bond donors (Lipinski definition) is 0. The van der Waals surface area contributed by atoms with Gasteiger partial charge in [-0.15, -0.1) is 0 Å². The first-order chi connectivity index (χ1) is 8.61. The Labute approximate surface area is 108 Å². The number of nitriles is 1. The van der Waals surface area contributed by atoms with Crippen LogP contribution in [0.25, 0.3) is 6.08 Å². The molecule has 0 aliphatic carbocycles. The third-order valence-corrected chi connectivity index (χ3v) is 2.49. The number of rotatable bonds is 3. The van der Waals surface area contributed by atoms with Crippen molar-refractivity contribution < 1.29 is 9.21 Å². The number of furan rings is 1. The minimum absolute atomic E-state index is 0.0782. The second-order valence-electron chi connectivity index (χ2n) is 3.51. The molecule has 0 N–H and O–H groups in total. The number of aromatic nitrogens is 2. The van der Waals surface area contributed by atoms with Crippen molar-refractivity contribution in [2.24, 2.45) is 7.05 Å². The molecule has 0 amide bonds. The van der Waals surface area contributed by atoms with E-state index in [4.69, 9.17) is 21.3 Å². The van der Waals surface area contributed by atoms with E-state index in [9.17, 15) is 4.79 Å². The Hall–Kier alpha value is -2.32. The van der Waals surface area contributed by atoms with Gasteiger partial charge in [0.2, 0.25) is 5.78 Å². The fourth-order valence-electron chi connectivity index (χ4n) is 1.40. The third kappa shape index (κ3) is 2.34. The van der Waals surface area contributed by atoms with Crippen molar-refractivity contribution in [1.29, 1.82) is 5.26 Å². The van der Waals surface area contributed by atoms with Crippen LogP contribution in [0, 0.1) is 11.3 Å². The van der Waals surface area contributed by atoms with E-state index < -0.39 is 5.78 Å². The molecule has 0 bridgehead atoms. The molecule has 2 aromatic heterocycles. The molecule has 0 unspecified atom stereocenters. The van der Waals surface area contributed by atoms with Gasteiger partial charge < -0.3 is 4.42 Å². The average Bonchev–Trinajstić information content (AvgIpc) is 2.95. The Balaban J connectivity index is 2.38. The maximum absolute atomic E-state index is 11.9. The van der Waals surface area contributed by atoms with Crippen LogP contribution in [0.3, 0.4) is 0 Å². The molecule has 18 heavy (non-hydrogen) atoms. The van der Waals surface area contributed by atoms with Crippen molar-refractivity contribution in [2.45, 2.75) is 0 Å². The summed E-state index contributed by atoms with van der Waals surface area (Å²) in [7, 11) is 1.70. The van der Waals surface area contributed by atoms with Crippen LogP contribution < -0.4 is 0 Å². The van der Waals surface area contributed by atoms with E-state index in [1.807, 2.05) is 6.07 Å². The number of carbonyl (C=O) groups excluding carboxylic acids is 1. The first-order valence-corrected chi connectivity index (χ1v) is 5.38. The quantitative estimate of drug-likeness (QED) is 0.483. The fraction of sp³-hybridized carbons (Fsp3) is 0.0833. The predicted molar refractivity (Wildman–Crippen MR) is 64.8 cm³/mol. The summed E-state index contributed by atoms with van der Waals surface area (Å²) in [5.74, 6) is -0.390. The van der Waals surface area contributed by atoms with Crippen molar-refractivity contribution in [1.82, 2.24) is 9.78 Å². The van der Waals surface area contributed by atoms with Crippen LogP contribution in [0.4, 0.5) is 0 Å². The molecule has 0 atom stereocenters. The van der Waals surface area contributed by atoms with Crippen LogP contribution in [0.5, 0.6) is 0 Å². The molecule has 2 aromatic rings. The molecule has 0 radical (unpaired) electrons. The summed E-state index contributed by atoms with van der Waals surface area (Å²) in [5, 5.41) is 13.4. The number of ketones is 1. The van der Waals surface area contributed by atoms with Crippen molar-refractivity contribution in [3.05, 3.63) is 46.6 Å². The van der Waals surface area contributed by atoms with E-state index in [0.717, 1.165) is 0 Å². The van der Waals surface area contributed by atoms with E-state index in [1.54, 1.807) is 19.3 Å². The lowest BCUT2D eigenvalue weighted by molar-refractivity contribution is 0.101. The normalized spacial score (nSPS) is 11.3. The van der Waals surface area contributed by atoms with Crippen LogP contribution in [-0.4, -0.2) is 15.6 Å². The topological polar surface area (TPSA) is 71.8 Å². The van der Waals surface area contributed by atoms with Crippen molar-refractivity contribution in [3.63, 3.8) is 0 Å². The van der Waals surface area contributed by atoms with E-state index in [0.29, 0.717) is 10.7 Å². The Bertz CT molecular complexity index is 647. The zero-order valence-electron chi connectivity index (χ0n) is 9.42. The number of carbonyl (C=O) groups is 1. The van der Waals surface area contributed by atoms with Crippen LogP contribution >= 0.6 is 11.6 Å². The maximum atomic E-state index is 11.9. The summed E-state index contributed by atoms with van der Waals surface area (Å²) in [4.78, 5) is 11.9. The van der Waals surface area contributed by atoms with Crippen LogP contribution in [0.15, 0.2) is 34.6 Å². The Morgan fingerprint density at radius 3 is 2.94 bits per heavy atom. The predicted octanol–water partition coefficient (Wildman–Crippen LogP) is 2.46. The molecule has 0 fully saturated rings. The first kappa shape index (κ1) is 12.1. The van der Waals surface area contributed by atoms with Gasteiger partial charge in [0, 0.05) is 13.2 Å². The zero-order chi connectivity index (χ0) is 13.1. The van der Waals surface area contributed by atoms with Gasteiger partial charge in [0.25, 0.3) is 0 Å². The van der Waals surface area contributed by atoms with Gasteiger partial charge in [0.15, 0.2) is 5.76 Å². The van der Waals surface area contributed by atoms with Gasteiger partial charge in [-0.2, -0.15) is 10.4 Å². The summed E-state index contributed by atoms with van der Waals surface area (Å²) in [6.45, 7) is 0. The molecule has 2 rings (SSSR count). The van der Waals surface area contributed by atoms with Crippen LogP contribution in [0.1, 0.15) is 16.2 Å². The molecule has 0 saturated heterocycles. The lowest BCUT2D eigenvalue weighted by Gasteiger charge is -1.94. The van der Waals surface area contributed by atoms with Crippen molar-refractivity contribution in [2.75, 3.05) is 0 Å². The minimum atomic E-state index is -0.496. The molecule has 5 nitrogen and oxygen atoms in total. The third-order valence-electron chi connectivity index (χ3n) is 2.20. The van der Waals surface area contributed by atoms with Crippen LogP contribution in [0.2, 0.25) is 5.02 Å². The smallest absolute Gasteiger partial charge is 0.238 e. The highest BCUT2D eigenvalue weighted by Gasteiger charge is 2.16. The lowest BCUT2D eigenvalue weighted by Crippen LogP contribution is -2.00. The zero-order valence-corrected chi connectivity index (χ0v) is 10.2. The molecule has 0 aromatic carbocycles. The van der Waals surface area contributed by atoms with E-state index in [1.165, 1.54) is 23.1 Å². The highest BCUT2D eigenvalue weighted by atomic mass is 35.5. The standard InChI is InChI=1S/C12H8ClN3O2/c1-16-7-9(13)10(15-16)5-8(6-14)12(17)11-3-2-4-18-11/h2-5,7H,1H3. The number of hydrogen-bond acceptors (Lipinski definition) is 4. The van der Waals surface area contributed by atoms with E-state index in [2.05, 4.69) is 5.10 Å². The molecule has 0 aliphatic heterocycles. The Morgan fingerprint density at radius 2 is 2.44 bits per heavy atom. The minimum Gasteiger partial charge on any atom is -0.461 e. The van der Waals surface area contributed by atoms with Gasteiger partial charge in [-0.3, -0.25) is 9.48 Å². The monoisotopic (exact) mass is 261 g/mol. The summed E-state index contributed by atoms with van der Waals surface area (Å²) < 4.78 is 6.45. The molecular weight excluding hydrogens is 254 g/mol. The van der Waals surface area contributed by atoms with E-state index in [-0.39, 0.29) is 11.3 Å². The highest BCUT2D eigenvalue weighted by Crippen LogP contribution is 2.18. The average molecular weight is 262 g/mol. The first-order valence-electron chi connectivity index (χ1n) is 5.01. The maximum Gasteiger partial charge on any atom is 0.238 e. The number of aryl methyl sites for hydroxylation is 1. The van der Waals surface area contributed by atoms with Gasteiger partial charge in [-0.1, -0.05) is 11.6 Å². The fourth-order valence-corrected chi connectivity index (χ4v) is 1.63. The Morgan fingerprint density at radius 1 is 1.67 bits per heavy atom. The van der Waals surface area contributed by atoms with Crippen molar-refractivity contribution >= 4 is 23.5 Å².